The average Bonchev–Trinajstić information content (AvgIpc) is 4.32. The summed E-state index contributed by atoms with van der Waals surface area (Å²) in [6.45, 7) is 0. The van der Waals surface area contributed by atoms with Crippen molar-refractivity contribution in [1.29, 1.82) is 5.26 Å². The molecule has 0 saturated carbocycles. The van der Waals surface area contributed by atoms with Crippen LogP contribution in [-0.4, -0.2) is 23.7 Å². The maximum absolute atomic E-state index is 12.8. The Labute approximate surface area is 438 Å². The molecular formula is C71H38N6. The molecule has 6 nitrogen and oxygen atoms in total. The first-order chi connectivity index (χ1) is 38.3. The molecule has 13 aromatic carbocycles. The Morgan fingerprint density at radius 3 is 0.948 bits per heavy atom. The van der Waals surface area contributed by atoms with Crippen molar-refractivity contribution in [2.24, 2.45) is 0 Å². The van der Waals surface area contributed by atoms with E-state index in [4.69, 9.17) is 9.97 Å². The number of hydrogen-bond acceptors (Lipinski definition) is 3. The number of aromatic nitrogens is 5. The molecule has 0 atom stereocenters. The van der Waals surface area contributed by atoms with Gasteiger partial charge in [-0.2, -0.15) is 5.26 Å². The number of pyridine rings is 2. The van der Waals surface area contributed by atoms with Crippen molar-refractivity contribution in [3.8, 4) is 45.4 Å². The lowest BCUT2D eigenvalue weighted by molar-refractivity contribution is 1.09. The topological polar surface area (TPSA) is 64.4 Å². The Balaban J connectivity index is 1.17. The molecule has 0 amide bonds. The van der Waals surface area contributed by atoms with Gasteiger partial charge in [0.25, 0.3) is 0 Å². The second-order valence-electron chi connectivity index (χ2n) is 20.6. The fourth-order valence-electron chi connectivity index (χ4n) is 14.2. The van der Waals surface area contributed by atoms with Gasteiger partial charge in [0.05, 0.1) is 61.2 Å². The van der Waals surface area contributed by atoms with Gasteiger partial charge in [-0.15, -0.1) is 0 Å². The summed E-state index contributed by atoms with van der Waals surface area (Å²) in [6, 6.07) is 82.1. The monoisotopic (exact) mass is 974 g/mol. The minimum absolute atomic E-state index is 0.555. The Bertz CT molecular complexity index is 5070. The molecule has 18 rings (SSSR count). The van der Waals surface area contributed by atoms with E-state index in [9.17, 15) is 5.26 Å². The third-order valence-corrected chi connectivity index (χ3v) is 17.0. The van der Waals surface area contributed by atoms with Crippen LogP contribution in [0.4, 0.5) is 0 Å². The Kier molecular flexibility index (Phi) is 7.84. The van der Waals surface area contributed by atoms with Gasteiger partial charge in [-0.1, -0.05) is 170 Å². The second kappa shape index (κ2) is 14.8. The van der Waals surface area contributed by atoms with E-state index in [-0.39, 0.29) is 0 Å². The van der Waals surface area contributed by atoms with Gasteiger partial charge in [0.2, 0.25) is 0 Å². The molecule has 0 bridgehead atoms. The van der Waals surface area contributed by atoms with Crippen LogP contribution in [-0.2, 0) is 0 Å². The molecule has 5 heterocycles. The molecule has 18 aromatic rings. The van der Waals surface area contributed by atoms with Gasteiger partial charge < -0.3 is 13.7 Å². The fourth-order valence-corrected chi connectivity index (χ4v) is 14.2. The van der Waals surface area contributed by atoms with E-state index in [1.807, 2.05) is 24.5 Å². The van der Waals surface area contributed by atoms with E-state index >= 15 is 0 Å². The van der Waals surface area contributed by atoms with Gasteiger partial charge >= 0.3 is 0 Å². The fraction of sp³-hybridized carbons (Fsp3) is 0. The highest BCUT2D eigenvalue weighted by Gasteiger charge is 2.35. The minimum Gasteiger partial charge on any atom is -0.308 e. The first kappa shape index (κ1) is 40.8. The van der Waals surface area contributed by atoms with Crippen LogP contribution in [0.15, 0.2) is 231 Å². The normalized spacial score (nSPS) is 12.4. The molecule has 0 aliphatic heterocycles. The SMILES string of the molecule is N#Cc1c(-n2c3cccc4c5cccnc5c5cccc2c5c43)c(-c2ccccc2)c(-n2c3cccc4c5ccccc5c5cccc2c5c43)c(-c2ccccc2)c1-n1c2cccc3c4cccnc4c4cccc1c4c32. The maximum Gasteiger partial charge on any atom is 0.104 e. The molecular weight excluding hydrogens is 937 g/mol. The molecule has 0 N–H and O–H groups in total. The van der Waals surface area contributed by atoms with E-state index < -0.39 is 0 Å². The van der Waals surface area contributed by atoms with Gasteiger partial charge in [-0.3, -0.25) is 9.97 Å². The first-order valence-electron chi connectivity index (χ1n) is 26.2. The van der Waals surface area contributed by atoms with Gasteiger partial charge in [0.15, 0.2) is 0 Å². The Morgan fingerprint density at radius 1 is 0.273 bits per heavy atom. The Hall–Kier alpha value is -10.6. The lowest BCUT2D eigenvalue weighted by Gasteiger charge is -2.28. The number of benzene rings is 13. The summed E-state index contributed by atoms with van der Waals surface area (Å²) >= 11 is 0. The smallest absolute Gasteiger partial charge is 0.104 e. The van der Waals surface area contributed by atoms with Crippen molar-refractivity contribution in [3.63, 3.8) is 0 Å². The van der Waals surface area contributed by atoms with E-state index in [1.165, 1.54) is 32.3 Å². The molecule has 5 aromatic heterocycles. The summed E-state index contributed by atoms with van der Waals surface area (Å²) in [7, 11) is 0. The molecule has 77 heavy (non-hydrogen) atoms. The summed E-state index contributed by atoms with van der Waals surface area (Å²) in [6.07, 6.45) is 3.79. The summed E-state index contributed by atoms with van der Waals surface area (Å²) < 4.78 is 7.40. The highest BCUT2D eigenvalue weighted by molar-refractivity contribution is 6.37. The average molecular weight is 975 g/mol. The van der Waals surface area contributed by atoms with Crippen molar-refractivity contribution < 1.29 is 0 Å². The number of fused-ring (bicyclic) bond motifs is 9. The van der Waals surface area contributed by atoms with Gasteiger partial charge in [0, 0.05) is 77.4 Å². The largest absolute Gasteiger partial charge is 0.308 e. The van der Waals surface area contributed by atoms with Gasteiger partial charge in [0.1, 0.15) is 11.6 Å². The lowest BCUT2D eigenvalue weighted by atomic mass is 9.88. The summed E-state index contributed by atoms with van der Waals surface area (Å²) in [5.74, 6) is 0. The van der Waals surface area contributed by atoms with Crippen LogP contribution in [0.1, 0.15) is 5.56 Å². The molecule has 0 saturated heterocycles. The zero-order valence-electron chi connectivity index (χ0n) is 41.1. The standard InChI is InChI=1S/C71H38N6/c72-39-52-69(75-53-31-11-25-46-48-29-15-37-73-67(48)50-27-13-35-57(75)65(50)63(46)53)59(40-17-3-1-4-18-40)71(77-55-33-9-23-44-42-21-7-8-22-43(42)45-24-10-34-56(77)62(45)61(44)55)60(41-19-5-2-6-20-41)70(52)76-54-32-12-26-47-49-30-16-38-74-68(49)51-28-14-36-58(76)66(51)64(47)54/h1-38H. The molecule has 0 fully saturated rings. The summed E-state index contributed by atoms with van der Waals surface area (Å²) in [5, 5.41) is 31.2. The van der Waals surface area contributed by atoms with Crippen LogP contribution in [0.3, 0.4) is 0 Å². The van der Waals surface area contributed by atoms with Crippen LogP contribution in [0.25, 0.3) is 170 Å². The van der Waals surface area contributed by atoms with Crippen LogP contribution >= 0.6 is 0 Å². The van der Waals surface area contributed by atoms with Gasteiger partial charge in [-0.25, -0.2) is 0 Å². The molecule has 0 spiro atoms. The van der Waals surface area contributed by atoms with E-state index in [0.717, 1.165) is 137 Å². The highest BCUT2D eigenvalue weighted by atomic mass is 15.1. The van der Waals surface area contributed by atoms with E-state index in [1.54, 1.807) is 0 Å². The summed E-state index contributed by atoms with van der Waals surface area (Å²) in [4.78, 5) is 10.1. The van der Waals surface area contributed by atoms with Crippen molar-refractivity contribution in [1.82, 2.24) is 23.7 Å². The van der Waals surface area contributed by atoms with Crippen LogP contribution in [0.5, 0.6) is 0 Å². The van der Waals surface area contributed by atoms with Crippen molar-refractivity contribution in [3.05, 3.63) is 236 Å². The molecule has 0 radical (unpaired) electrons. The Morgan fingerprint density at radius 2 is 0.571 bits per heavy atom. The molecule has 0 aliphatic rings. The molecule has 352 valence electrons. The molecule has 0 unspecified atom stereocenters. The summed E-state index contributed by atoms with van der Waals surface area (Å²) in [5.41, 5.74) is 15.2. The molecule has 0 aliphatic carbocycles. The van der Waals surface area contributed by atoms with Crippen molar-refractivity contribution >= 4 is 130 Å². The quantitative estimate of drug-likeness (QED) is 0.161. The van der Waals surface area contributed by atoms with E-state index in [2.05, 4.69) is 226 Å². The number of hydrogen-bond donors (Lipinski definition) is 0. The third kappa shape index (κ3) is 5.04. The van der Waals surface area contributed by atoms with Crippen LogP contribution in [0, 0.1) is 11.3 Å². The predicted octanol–water partition coefficient (Wildman–Crippen LogP) is 18.2. The second-order valence-corrected chi connectivity index (χ2v) is 20.6. The predicted molar refractivity (Wildman–Crippen MR) is 319 cm³/mol. The molecule has 6 heteroatoms. The number of nitrogens with zero attached hydrogens (tertiary/aromatic N) is 6. The van der Waals surface area contributed by atoms with Crippen molar-refractivity contribution in [2.45, 2.75) is 0 Å². The lowest BCUT2D eigenvalue weighted by Crippen LogP contribution is -2.13. The maximum atomic E-state index is 12.8. The van der Waals surface area contributed by atoms with Crippen LogP contribution in [0.2, 0.25) is 0 Å². The number of nitriles is 1. The zero-order chi connectivity index (χ0) is 50.2. The first-order valence-corrected chi connectivity index (χ1v) is 26.2. The van der Waals surface area contributed by atoms with Crippen molar-refractivity contribution in [2.75, 3.05) is 0 Å². The van der Waals surface area contributed by atoms with Crippen LogP contribution < -0.4 is 0 Å². The zero-order valence-corrected chi connectivity index (χ0v) is 41.1. The minimum atomic E-state index is 0.555. The highest BCUT2D eigenvalue weighted by Crippen LogP contribution is 2.55. The van der Waals surface area contributed by atoms with Gasteiger partial charge in [-0.05, 0) is 92.0 Å². The third-order valence-electron chi connectivity index (χ3n) is 17.0. The van der Waals surface area contributed by atoms with E-state index in [0.29, 0.717) is 5.56 Å². The number of rotatable bonds is 5.